The van der Waals surface area contributed by atoms with Crippen LogP contribution >= 0.6 is 11.3 Å². The molecule has 2 N–H and O–H groups in total. The van der Waals surface area contributed by atoms with Crippen molar-refractivity contribution in [2.45, 2.75) is 6.54 Å². The smallest absolute Gasteiger partial charge is 0.319 e. The first-order valence-electron chi connectivity index (χ1n) is 6.46. The number of amides is 2. The molecule has 0 fully saturated rings. The number of nitrogens with zero attached hydrogens (tertiary/aromatic N) is 1. The van der Waals surface area contributed by atoms with Gasteiger partial charge in [0.25, 0.3) is 0 Å². The van der Waals surface area contributed by atoms with E-state index in [0.717, 1.165) is 21.3 Å². The van der Waals surface area contributed by atoms with Crippen LogP contribution in [0.25, 0.3) is 10.2 Å². The molecule has 0 radical (unpaired) electrons. The fourth-order valence-electron chi connectivity index (χ4n) is 1.91. The molecule has 112 valence electrons. The van der Waals surface area contributed by atoms with E-state index in [1.165, 1.54) is 17.4 Å². The molecule has 0 unspecified atom stereocenters. The van der Waals surface area contributed by atoms with Gasteiger partial charge in [0.15, 0.2) is 0 Å². The number of hydrogen-bond donors (Lipinski definition) is 2. The quantitative estimate of drug-likeness (QED) is 0.769. The van der Waals surface area contributed by atoms with Crippen molar-refractivity contribution in [2.75, 3.05) is 5.32 Å². The second kappa shape index (κ2) is 6.07. The first-order chi connectivity index (χ1) is 10.6. The number of para-hydroxylation sites is 1. The van der Waals surface area contributed by atoms with E-state index in [0.29, 0.717) is 6.07 Å². The van der Waals surface area contributed by atoms with Gasteiger partial charge < -0.3 is 10.6 Å². The minimum atomic E-state index is -0.824. The molecular weight excluding hydrogens is 308 g/mol. The SMILES string of the molecule is O=C(NCc1nc2ccccc2s1)Nc1ccc(F)cc1F. The monoisotopic (exact) mass is 319 g/mol. The Morgan fingerprint density at radius 2 is 2.00 bits per heavy atom. The highest BCUT2D eigenvalue weighted by molar-refractivity contribution is 7.18. The maximum absolute atomic E-state index is 13.4. The van der Waals surface area contributed by atoms with Gasteiger partial charge >= 0.3 is 6.03 Å². The van der Waals surface area contributed by atoms with Crippen LogP contribution in [0.4, 0.5) is 19.3 Å². The zero-order valence-corrected chi connectivity index (χ0v) is 12.1. The van der Waals surface area contributed by atoms with Crippen LogP contribution in [0.2, 0.25) is 0 Å². The molecule has 7 heteroatoms. The third-order valence-electron chi connectivity index (χ3n) is 2.92. The van der Waals surface area contributed by atoms with E-state index < -0.39 is 17.7 Å². The van der Waals surface area contributed by atoms with Gasteiger partial charge in [0, 0.05) is 6.07 Å². The van der Waals surface area contributed by atoms with Gasteiger partial charge in [0.2, 0.25) is 0 Å². The van der Waals surface area contributed by atoms with Crippen molar-refractivity contribution < 1.29 is 13.6 Å². The molecule has 22 heavy (non-hydrogen) atoms. The van der Waals surface area contributed by atoms with E-state index >= 15 is 0 Å². The van der Waals surface area contributed by atoms with E-state index in [9.17, 15) is 13.6 Å². The van der Waals surface area contributed by atoms with Crippen molar-refractivity contribution in [1.82, 2.24) is 10.3 Å². The Morgan fingerprint density at radius 1 is 1.18 bits per heavy atom. The van der Waals surface area contributed by atoms with Gasteiger partial charge in [-0.15, -0.1) is 11.3 Å². The molecule has 0 saturated carbocycles. The summed E-state index contributed by atoms with van der Waals surface area (Å²) in [6.07, 6.45) is 0. The molecule has 4 nitrogen and oxygen atoms in total. The highest BCUT2D eigenvalue weighted by atomic mass is 32.1. The summed E-state index contributed by atoms with van der Waals surface area (Å²) in [5, 5.41) is 5.66. The number of urea groups is 1. The molecule has 2 amide bonds. The standard InChI is InChI=1S/C15H11F2N3OS/c16-9-5-6-11(10(17)7-9)20-15(21)18-8-14-19-12-3-1-2-4-13(12)22-14/h1-7H,8H2,(H2,18,20,21). The van der Waals surface area contributed by atoms with Crippen LogP contribution < -0.4 is 10.6 Å². The van der Waals surface area contributed by atoms with Gasteiger partial charge in [0.1, 0.15) is 16.6 Å². The van der Waals surface area contributed by atoms with E-state index in [-0.39, 0.29) is 12.2 Å². The van der Waals surface area contributed by atoms with Crippen molar-refractivity contribution >= 4 is 33.3 Å². The van der Waals surface area contributed by atoms with Crippen LogP contribution in [0, 0.1) is 11.6 Å². The lowest BCUT2D eigenvalue weighted by Gasteiger charge is -2.07. The van der Waals surface area contributed by atoms with Crippen molar-refractivity contribution in [2.24, 2.45) is 0 Å². The van der Waals surface area contributed by atoms with Crippen LogP contribution in [0.5, 0.6) is 0 Å². The average Bonchev–Trinajstić information content (AvgIpc) is 2.91. The largest absolute Gasteiger partial charge is 0.331 e. The summed E-state index contributed by atoms with van der Waals surface area (Å²) < 4.78 is 27.2. The molecule has 0 aliphatic heterocycles. The lowest BCUT2D eigenvalue weighted by molar-refractivity contribution is 0.251. The summed E-state index contributed by atoms with van der Waals surface area (Å²) in [4.78, 5) is 16.1. The summed E-state index contributed by atoms with van der Waals surface area (Å²) in [5.74, 6) is -1.52. The second-order valence-corrected chi connectivity index (χ2v) is 5.62. The van der Waals surface area contributed by atoms with Crippen LogP contribution in [0.1, 0.15) is 5.01 Å². The molecule has 0 atom stereocenters. The molecule has 0 aliphatic carbocycles. The molecular formula is C15H11F2N3OS. The van der Waals surface area contributed by atoms with E-state index in [1.807, 2.05) is 24.3 Å². The number of anilines is 1. The number of thiazole rings is 1. The summed E-state index contributed by atoms with van der Waals surface area (Å²) in [6, 6.07) is 10.0. The first-order valence-corrected chi connectivity index (χ1v) is 7.28. The first kappa shape index (κ1) is 14.4. The van der Waals surface area contributed by atoms with E-state index in [4.69, 9.17) is 0 Å². The minimum absolute atomic E-state index is 0.0804. The van der Waals surface area contributed by atoms with Crippen molar-refractivity contribution in [3.8, 4) is 0 Å². The van der Waals surface area contributed by atoms with E-state index in [2.05, 4.69) is 15.6 Å². The molecule has 2 aromatic carbocycles. The minimum Gasteiger partial charge on any atom is -0.331 e. The number of nitrogens with one attached hydrogen (secondary N) is 2. The van der Waals surface area contributed by atoms with Gasteiger partial charge in [-0.3, -0.25) is 0 Å². The Morgan fingerprint density at radius 3 is 2.77 bits per heavy atom. The predicted molar refractivity (Wildman–Crippen MR) is 81.8 cm³/mol. The van der Waals surface area contributed by atoms with Crippen LogP contribution in [0.3, 0.4) is 0 Å². The van der Waals surface area contributed by atoms with Crippen molar-refractivity contribution in [3.05, 3.63) is 59.1 Å². The summed E-state index contributed by atoms with van der Waals surface area (Å²) in [5.41, 5.74) is 0.789. The average molecular weight is 319 g/mol. The van der Waals surface area contributed by atoms with Crippen molar-refractivity contribution in [3.63, 3.8) is 0 Å². The number of aromatic nitrogens is 1. The normalized spacial score (nSPS) is 10.6. The number of benzene rings is 2. The number of hydrogen-bond acceptors (Lipinski definition) is 3. The third kappa shape index (κ3) is 3.20. The Labute approximate surface area is 128 Å². The predicted octanol–water partition coefficient (Wildman–Crippen LogP) is 3.90. The molecule has 0 bridgehead atoms. The van der Waals surface area contributed by atoms with Crippen LogP contribution in [0.15, 0.2) is 42.5 Å². The zero-order valence-electron chi connectivity index (χ0n) is 11.3. The lowest BCUT2D eigenvalue weighted by Crippen LogP contribution is -2.28. The highest BCUT2D eigenvalue weighted by Crippen LogP contribution is 2.21. The lowest BCUT2D eigenvalue weighted by atomic mass is 10.3. The number of halogens is 2. The molecule has 3 aromatic rings. The molecule has 0 spiro atoms. The van der Waals surface area contributed by atoms with E-state index in [1.54, 1.807) is 0 Å². The van der Waals surface area contributed by atoms with Crippen LogP contribution in [-0.4, -0.2) is 11.0 Å². The fourth-order valence-corrected chi connectivity index (χ4v) is 2.82. The maximum Gasteiger partial charge on any atom is 0.319 e. The maximum atomic E-state index is 13.4. The third-order valence-corrected chi connectivity index (χ3v) is 3.95. The number of carbonyl (C=O) groups excluding carboxylic acids is 1. The summed E-state index contributed by atoms with van der Waals surface area (Å²) >= 11 is 1.47. The van der Waals surface area contributed by atoms with Gasteiger partial charge in [0.05, 0.1) is 22.4 Å². The van der Waals surface area contributed by atoms with Gasteiger partial charge in [-0.1, -0.05) is 12.1 Å². The Balaban J connectivity index is 1.62. The van der Waals surface area contributed by atoms with Crippen molar-refractivity contribution in [1.29, 1.82) is 0 Å². The second-order valence-electron chi connectivity index (χ2n) is 4.51. The van der Waals surface area contributed by atoms with Crippen LogP contribution in [-0.2, 0) is 6.54 Å². The molecule has 1 aromatic heterocycles. The van der Waals surface area contributed by atoms with Gasteiger partial charge in [-0.05, 0) is 24.3 Å². The number of fused-ring (bicyclic) bond motifs is 1. The summed E-state index contributed by atoms with van der Waals surface area (Å²) in [6.45, 7) is 0.230. The molecule has 0 saturated heterocycles. The number of carbonyl (C=O) groups is 1. The highest BCUT2D eigenvalue weighted by Gasteiger charge is 2.09. The Bertz CT molecular complexity index is 802. The summed E-state index contributed by atoms with van der Waals surface area (Å²) in [7, 11) is 0. The molecule has 0 aliphatic rings. The topological polar surface area (TPSA) is 54.0 Å². The fraction of sp³-hybridized carbons (Fsp3) is 0.0667. The Hall–Kier alpha value is -2.54. The Kier molecular flexibility index (Phi) is 3.97. The molecule has 3 rings (SSSR count). The zero-order chi connectivity index (χ0) is 15.5. The van der Waals surface area contributed by atoms with Gasteiger partial charge in [-0.2, -0.15) is 0 Å². The molecule has 1 heterocycles. The number of rotatable bonds is 3. The van der Waals surface area contributed by atoms with Gasteiger partial charge in [-0.25, -0.2) is 18.6 Å².